The molecule has 6 nitrogen and oxygen atoms in total. The van der Waals surface area contributed by atoms with Crippen LogP contribution in [0, 0.1) is 0 Å². The smallest absolute Gasteiger partial charge is 0.258 e. The molecule has 3 N–H and O–H groups in total. The molecule has 1 aromatic heterocycles. The van der Waals surface area contributed by atoms with E-state index in [1.807, 2.05) is 37.3 Å². The van der Waals surface area contributed by atoms with E-state index in [0.717, 1.165) is 5.56 Å². The van der Waals surface area contributed by atoms with Crippen molar-refractivity contribution < 1.29 is 8.42 Å². The van der Waals surface area contributed by atoms with Crippen LogP contribution in [-0.2, 0) is 23.0 Å². The van der Waals surface area contributed by atoms with E-state index in [1.165, 1.54) is 6.20 Å². The summed E-state index contributed by atoms with van der Waals surface area (Å²) in [7, 11) is -1.84. The van der Waals surface area contributed by atoms with E-state index in [1.54, 1.807) is 7.05 Å². The molecular formula is C14H20N4O2S. The van der Waals surface area contributed by atoms with Crippen LogP contribution >= 0.6 is 0 Å². The molecule has 1 atom stereocenters. The summed E-state index contributed by atoms with van der Waals surface area (Å²) >= 11 is 0. The Hall–Kier alpha value is -1.70. The number of benzene rings is 1. The molecule has 0 aliphatic carbocycles. The summed E-state index contributed by atoms with van der Waals surface area (Å²) in [4.78, 5) is 0. The fraction of sp³-hybridized carbons (Fsp3) is 0.357. The van der Waals surface area contributed by atoms with Gasteiger partial charge >= 0.3 is 0 Å². The minimum Gasteiger partial charge on any atom is -0.316 e. The Morgan fingerprint density at radius 3 is 2.67 bits per heavy atom. The Morgan fingerprint density at radius 1 is 1.29 bits per heavy atom. The van der Waals surface area contributed by atoms with Crippen molar-refractivity contribution in [1.82, 2.24) is 20.2 Å². The van der Waals surface area contributed by atoms with Gasteiger partial charge in [0, 0.05) is 18.2 Å². The zero-order chi connectivity index (χ0) is 15.3. The average Bonchev–Trinajstić information content (AvgIpc) is 2.88. The molecule has 1 aromatic carbocycles. The Labute approximate surface area is 125 Å². The Balaban J connectivity index is 2.08. The highest BCUT2D eigenvalue weighted by Crippen LogP contribution is 2.13. The van der Waals surface area contributed by atoms with E-state index in [-0.39, 0.29) is 11.1 Å². The topological polar surface area (TPSA) is 86.9 Å². The number of hydrogen-bond acceptors (Lipinski definition) is 4. The predicted molar refractivity (Wildman–Crippen MR) is 81.3 cm³/mol. The number of aromatic nitrogens is 2. The van der Waals surface area contributed by atoms with E-state index < -0.39 is 10.0 Å². The van der Waals surface area contributed by atoms with Gasteiger partial charge in [-0.05, 0) is 26.0 Å². The lowest BCUT2D eigenvalue weighted by Gasteiger charge is -2.14. The average molecular weight is 308 g/mol. The van der Waals surface area contributed by atoms with Crippen molar-refractivity contribution in [2.45, 2.75) is 31.0 Å². The monoisotopic (exact) mass is 308 g/mol. The van der Waals surface area contributed by atoms with Gasteiger partial charge in [0.2, 0.25) is 0 Å². The second-order valence-corrected chi connectivity index (χ2v) is 6.62. The van der Waals surface area contributed by atoms with Crippen LogP contribution in [0.1, 0.15) is 18.1 Å². The molecule has 0 saturated carbocycles. The molecule has 0 fully saturated rings. The first-order chi connectivity index (χ1) is 10.0. The van der Waals surface area contributed by atoms with Gasteiger partial charge < -0.3 is 5.32 Å². The number of sulfonamides is 1. The van der Waals surface area contributed by atoms with Crippen LogP contribution < -0.4 is 10.0 Å². The van der Waals surface area contributed by atoms with Crippen LogP contribution in [0.5, 0.6) is 0 Å². The van der Waals surface area contributed by atoms with Crippen LogP contribution in [0.3, 0.4) is 0 Å². The first-order valence-corrected chi connectivity index (χ1v) is 8.24. The van der Waals surface area contributed by atoms with Crippen molar-refractivity contribution in [3.05, 3.63) is 47.7 Å². The first kappa shape index (κ1) is 15.7. The molecule has 0 spiro atoms. The summed E-state index contributed by atoms with van der Waals surface area (Å²) in [5.41, 5.74) is 1.71. The lowest BCUT2D eigenvalue weighted by atomic mass is 10.1. The van der Waals surface area contributed by atoms with Gasteiger partial charge in [-0.1, -0.05) is 30.3 Å². The maximum atomic E-state index is 12.4. The van der Waals surface area contributed by atoms with Crippen LogP contribution in [0.25, 0.3) is 0 Å². The number of nitrogens with zero attached hydrogens (tertiary/aromatic N) is 1. The minimum atomic E-state index is -3.60. The molecular weight excluding hydrogens is 288 g/mol. The van der Waals surface area contributed by atoms with E-state index in [4.69, 9.17) is 0 Å². The number of nitrogens with one attached hydrogen (secondary N) is 3. The molecule has 1 heterocycles. The molecule has 0 aliphatic rings. The van der Waals surface area contributed by atoms with E-state index in [2.05, 4.69) is 20.2 Å². The molecule has 7 heteroatoms. The normalized spacial score (nSPS) is 13.2. The quantitative estimate of drug-likeness (QED) is 0.713. The van der Waals surface area contributed by atoms with Gasteiger partial charge in [-0.15, -0.1) is 0 Å². The standard InChI is InChI=1S/C14H20N4O2S/c1-11(8-12-6-4-3-5-7-12)18-21(19,20)14-13(9-15-2)10-16-17-14/h3-7,10-11,15,18H,8-9H2,1-2H3,(H,16,17). The second-order valence-electron chi connectivity index (χ2n) is 4.97. The zero-order valence-electron chi connectivity index (χ0n) is 12.1. The zero-order valence-corrected chi connectivity index (χ0v) is 12.9. The van der Waals surface area contributed by atoms with Crippen LogP contribution in [0.15, 0.2) is 41.6 Å². The molecule has 0 aliphatic heterocycles. The SMILES string of the molecule is CNCc1cn[nH]c1S(=O)(=O)NC(C)Cc1ccccc1. The fourth-order valence-electron chi connectivity index (χ4n) is 2.18. The molecule has 2 rings (SSSR count). The highest BCUT2D eigenvalue weighted by Gasteiger charge is 2.22. The van der Waals surface area contributed by atoms with Gasteiger partial charge in [0.15, 0.2) is 5.03 Å². The number of rotatable bonds is 7. The Kier molecular flexibility index (Phi) is 5.11. The van der Waals surface area contributed by atoms with Crippen molar-refractivity contribution in [3.8, 4) is 0 Å². The van der Waals surface area contributed by atoms with E-state index in [0.29, 0.717) is 18.5 Å². The second kappa shape index (κ2) is 6.84. The molecule has 21 heavy (non-hydrogen) atoms. The largest absolute Gasteiger partial charge is 0.316 e. The molecule has 114 valence electrons. The molecule has 2 aromatic rings. The van der Waals surface area contributed by atoms with Crippen LogP contribution in [-0.4, -0.2) is 31.7 Å². The maximum Gasteiger partial charge on any atom is 0.258 e. The molecule has 0 saturated heterocycles. The summed E-state index contributed by atoms with van der Waals surface area (Å²) in [6.45, 7) is 2.29. The van der Waals surface area contributed by atoms with Gasteiger partial charge in [-0.2, -0.15) is 5.10 Å². The minimum absolute atomic E-state index is 0.122. The third-order valence-corrected chi connectivity index (χ3v) is 4.66. The number of H-pyrrole nitrogens is 1. The van der Waals surface area contributed by atoms with E-state index in [9.17, 15) is 8.42 Å². The van der Waals surface area contributed by atoms with Gasteiger partial charge in [0.1, 0.15) is 0 Å². The summed E-state index contributed by atoms with van der Waals surface area (Å²) in [6, 6.07) is 9.57. The predicted octanol–water partition coefficient (Wildman–Crippen LogP) is 1.04. The van der Waals surface area contributed by atoms with E-state index >= 15 is 0 Å². The van der Waals surface area contributed by atoms with Crippen LogP contribution in [0.4, 0.5) is 0 Å². The Bertz CT molecular complexity index is 667. The van der Waals surface area contributed by atoms with Crippen molar-refractivity contribution in [2.75, 3.05) is 7.05 Å². The van der Waals surface area contributed by atoms with Crippen molar-refractivity contribution in [1.29, 1.82) is 0 Å². The number of aromatic amines is 1. The first-order valence-electron chi connectivity index (χ1n) is 6.76. The van der Waals surface area contributed by atoms with Crippen molar-refractivity contribution in [2.24, 2.45) is 0 Å². The maximum absolute atomic E-state index is 12.4. The fourth-order valence-corrected chi connectivity index (χ4v) is 3.56. The highest BCUT2D eigenvalue weighted by molar-refractivity contribution is 7.89. The Morgan fingerprint density at radius 2 is 2.00 bits per heavy atom. The third kappa shape index (κ3) is 4.13. The molecule has 0 bridgehead atoms. The summed E-state index contributed by atoms with van der Waals surface area (Å²) < 4.78 is 27.4. The summed E-state index contributed by atoms with van der Waals surface area (Å²) in [5.74, 6) is 0. The third-order valence-electron chi connectivity index (χ3n) is 3.06. The highest BCUT2D eigenvalue weighted by atomic mass is 32.2. The number of hydrogen-bond donors (Lipinski definition) is 3. The van der Waals surface area contributed by atoms with Crippen molar-refractivity contribution >= 4 is 10.0 Å². The molecule has 0 amide bonds. The lowest BCUT2D eigenvalue weighted by molar-refractivity contribution is 0.554. The van der Waals surface area contributed by atoms with Gasteiger partial charge in [-0.25, -0.2) is 13.1 Å². The summed E-state index contributed by atoms with van der Waals surface area (Å²) in [6.07, 6.45) is 2.16. The summed E-state index contributed by atoms with van der Waals surface area (Å²) in [5, 5.41) is 9.42. The lowest BCUT2D eigenvalue weighted by Crippen LogP contribution is -2.35. The van der Waals surface area contributed by atoms with Gasteiger partial charge in [-0.3, -0.25) is 5.10 Å². The molecule has 1 unspecified atom stereocenters. The van der Waals surface area contributed by atoms with Gasteiger partial charge in [0.05, 0.1) is 6.20 Å². The molecule has 0 radical (unpaired) electrons. The van der Waals surface area contributed by atoms with Crippen LogP contribution in [0.2, 0.25) is 0 Å². The van der Waals surface area contributed by atoms with Gasteiger partial charge in [0.25, 0.3) is 10.0 Å². The van der Waals surface area contributed by atoms with Crippen molar-refractivity contribution in [3.63, 3.8) is 0 Å².